The zero-order chi connectivity index (χ0) is 16.0. The zero-order valence-corrected chi connectivity index (χ0v) is 14.6. The van der Waals surface area contributed by atoms with Gasteiger partial charge in [-0.1, -0.05) is 0 Å². The molecule has 0 spiro atoms. The van der Waals surface area contributed by atoms with Crippen molar-refractivity contribution >= 4 is 22.1 Å². The van der Waals surface area contributed by atoms with Crippen LogP contribution in [0, 0.1) is 20.8 Å². The van der Waals surface area contributed by atoms with Crippen molar-refractivity contribution in [2.45, 2.75) is 39.5 Å². The fraction of sp³-hybridized carbons (Fsp3) is 0.471. The second-order valence-electron chi connectivity index (χ2n) is 6.26. The second kappa shape index (κ2) is 5.60. The second-order valence-corrected chi connectivity index (χ2v) is 7.47. The molecule has 6 heteroatoms. The molecule has 3 aromatic rings. The van der Waals surface area contributed by atoms with Crippen LogP contribution in [0.3, 0.4) is 0 Å². The Morgan fingerprint density at radius 1 is 1.17 bits per heavy atom. The first-order valence-corrected chi connectivity index (χ1v) is 8.93. The molecule has 1 aliphatic rings. The average Bonchev–Trinajstić information content (AvgIpc) is 3.06. The Morgan fingerprint density at radius 2 is 1.96 bits per heavy atom. The number of imidazole rings is 1. The van der Waals surface area contributed by atoms with Crippen molar-refractivity contribution < 1.29 is 0 Å². The maximum Gasteiger partial charge on any atom is 0.225 e. The Bertz CT molecular complexity index is 836. The molecule has 0 saturated carbocycles. The topological polar surface area (TPSA) is 46.3 Å². The van der Waals surface area contributed by atoms with Crippen LogP contribution in [0.15, 0.2) is 18.5 Å². The van der Waals surface area contributed by atoms with Crippen LogP contribution in [-0.2, 0) is 0 Å². The van der Waals surface area contributed by atoms with Crippen molar-refractivity contribution in [2.75, 3.05) is 18.0 Å². The summed E-state index contributed by atoms with van der Waals surface area (Å²) in [4.78, 5) is 18.7. The first kappa shape index (κ1) is 14.6. The lowest BCUT2D eigenvalue weighted by atomic mass is 9.95. The molecule has 4 heterocycles. The number of nitrogens with zero attached hydrogens (tertiary/aromatic N) is 5. The molecule has 1 saturated heterocycles. The molecule has 0 N–H and O–H groups in total. The molecule has 4 rings (SSSR count). The monoisotopic (exact) mass is 327 g/mol. The van der Waals surface area contributed by atoms with E-state index in [1.165, 1.54) is 27.5 Å². The number of fused-ring (bicyclic) bond motifs is 1. The third kappa shape index (κ3) is 2.41. The van der Waals surface area contributed by atoms with Gasteiger partial charge in [-0.05, 0) is 39.7 Å². The van der Waals surface area contributed by atoms with E-state index in [-0.39, 0.29) is 0 Å². The number of hydrogen-bond donors (Lipinski definition) is 0. The van der Waals surface area contributed by atoms with E-state index in [1.807, 2.05) is 29.8 Å². The Kier molecular flexibility index (Phi) is 3.56. The van der Waals surface area contributed by atoms with Crippen molar-refractivity contribution in [1.29, 1.82) is 0 Å². The van der Waals surface area contributed by atoms with Gasteiger partial charge in [0.25, 0.3) is 0 Å². The highest BCUT2D eigenvalue weighted by Gasteiger charge is 2.28. The van der Waals surface area contributed by atoms with Gasteiger partial charge in [-0.15, -0.1) is 11.3 Å². The fourth-order valence-corrected chi connectivity index (χ4v) is 4.71. The summed E-state index contributed by atoms with van der Waals surface area (Å²) in [6.07, 6.45) is 5.98. The van der Waals surface area contributed by atoms with Gasteiger partial charge in [0, 0.05) is 42.0 Å². The summed E-state index contributed by atoms with van der Waals surface area (Å²) in [5.41, 5.74) is 2.57. The number of anilines is 1. The van der Waals surface area contributed by atoms with E-state index in [1.54, 1.807) is 0 Å². The number of hydrogen-bond acceptors (Lipinski definition) is 5. The van der Waals surface area contributed by atoms with Crippen molar-refractivity contribution in [1.82, 2.24) is 19.4 Å². The zero-order valence-electron chi connectivity index (χ0n) is 13.8. The van der Waals surface area contributed by atoms with Crippen LogP contribution in [-0.4, -0.2) is 32.4 Å². The molecular formula is C17H21N5S. The van der Waals surface area contributed by atoms with Crippen LogP contribution >= 0.6 is 11.3 Å². The average molecular weight is 327 g/mol. The van der Waals surface area contributed by atoms with Gasteiger partial charge in [0.15, 0.2) is 0 Å². The van der Waals surface area contributed by atoms with Gasteiger partial charge in [0.1, 0.15) is 10.7 Å². The van der Waals surface area contributed by atoms with Crippen molar-refractivity contribution in [3.8, 4) is 0 Å². The predicted octanol–water partition coefficient (Wildman–Crippen LogP) is 3.50. The number of aryl methyl sites for hydroxylation is 3. The summed E-state index contributed by atoms with van der Waals surface area (Å²) in [6, 6.07) is 1.87. The Hall–Kier alpha value is -1.95. The van der Waals surface area contributed by atoms with Gasteiger partial charge in [-0.3, -0.25) is 4.40 Å². The van der Waals surface area contributed by atoms with Crippen LogP contribution in [0.4, 0.5) is 5.95 Å². The molecule has 3 aromatic heterocycles. The van der Waals surface area contributed by atoms with Crippen molar-refractivity contribution in [2.24, 2.45) is 0 Å². The largest absolute Gasteiger partial charge is 0.340 e. The lowest BCUT2D eigenvalue weighted by molar-refractivity contribution is 0.499. The predicted molar refractivity (Wildman–Crippen MR) is 93.5 cm³/mol. The van der Waals surface area contributed by atoms with Crippen LogP contribution in [0.25, 0.3) is 4.83 Å². The quantitative estimate of drug-likeness (QED) is 0.723. The maximum absolute atomic E-state index is 4.91. The maximum atomic E-state index is 4.91. The van der Waals surface area contributed by atoms with E-state index < -0.39 is 0 Å². The van der Waals surface area contributed by atoms with Gasteiger partial charge in [0.2, 0.25) is 5.95 Å². The number of rotatable bonds is 2. The summed E-state index contributed by atoms with van der Waals surface area (Å²) in [7, 11) is 0. The summed E-state index contributed by atoms with van der Waals surface area (Å²) in [6.45, 7) is 8.46. The third-order valence-corrected chi connectivity index (χ3v) is 5.95. The van der Waals surface area contributed by atoms with Crippen LogP contribution in [0.1, 0.15) is 40.8 Å². The highest BCUT2D eigenvalue weighted by molar-refractivity contribution is 7.17. The van der Waals surface area contributed by atoms with Gasteiger partial charge in [-0.25, -0.2) is 15.0 Å². The molecule has 5 nitrogen and oxygen atoms in total. The van der Waals surface area contributed by atoms with E-state index in [2.05, 4.69) is 40.0 Å². The Morgan fingerprint density at radius 3 is 2.74 bits per heavy atom. The minimum Gasteiger partial charge on any atom is -0.340 e. The lowest BCUT2D eigenvalue weighted by Gasteiger charge is -2.31. The number of aromatic nitrogens is 4. The highest BCUT2D eigenvalue weighted by Crippen LogP contribution is 2.35. The summed E-state index contributed by atoms with van der Waals surface area (Å²) in [5.74, 6) is 2.39. The molecular weight excluding hydrogens is 306 g/mol. The summed E-state index contributed by atoms with van der Waals surface area (Å²) >= 11 is 1.87. The molecule has 1 atom stereocenters. The summed E-state index contributed by atoms with van der Waals surface area (Å²) in [5, 5.41) is 0. The van der Waals surface area contributed by atoms with E-state index in [9.17, 15) is 0 Å². The minimum absolute atomic E-state index is 0.453. The van der Waals surface area contributed by atoms with E-state index in [0.717, 1.165) is 31.3 Å². The standard InChI is InChI=1S/C17H21N5S/c1-11-12(2)23-16-15(20-13(3)22(11)16)14-6-4-9-21(10-14)17-18-7-5-8-19-17/h5,7-8,14H,4,6,9-10H2,1-3H3/t14-/m0/s1. The highest BCUT2D eigenvalue weighted by atomic mass is 32.1. The number of piperidine rings is 1. The van der Waals surface area contributed by atoms with Gasteiger partial charge in [0.05, 0.1) is 5.69 Å². The Labute approximate surface area is 140 Å². The molecule has 120 valence electrons. The van der Waals surface area contributed by atoms with Crippen LogP contribution in [0.5, 0.6) is 0 Å². The molecule has 0 amide bonds. The molecule has 1 fully saturated rings. The smallest absolute Gasteiger partial charge is 0.225 e. The van der Waals surface area contributed by atoms with E-state index in [4.69, 9.17) is 4.98 Å². The van der Waals surface area contributed by atoms with E-state index >= 15 is 0 Å². The fourth-order valence-electron chi connectivity index (χ4n) is 3.51. The number of thiazole rings is 1. The minimum atomic E-state index is 0.453. The third-order valence-electron chi connectivity index (χ3n) is 4.77. The van der Waals surface area contributed by atoms with Crippen molar-refractivity contribution in [3.05, 3.63) is 40.5 Å². The van der Waals surface area contributed by atoms with Crippen LogP contribution in [0.2, 0.25) is 0 Å². The molecule has 23 heavy (non-hydrogen) atoms. The SMILES string of the molecule is Cc1sc2c([C@H]3CCCN(c4ncccn4)C3)nc(C)n2c1C. The molecule has 0 radical (unpaired) electrons. The normalized spacial score (nSPS) is 18.7. The van der Waals surface area contributed by atoms with Crippen molar-refractivity contribution in [3.63, 3.8) is 0 Å². The molecule has 1 aliphatic heterocycles. The first-order chi connectivity index (χ1) is 11.1. The lowest BCUT2D eigenvalue weighted by Crippen LogP contribution is -2.35. The Balaban J connectivity index is 1.69. The first-order valence-electron chi connectivity index (χ1n) is 8.12. The molecule has 0 bridgehead atoms. The molecule has 0 aromatic carbocycles. The van der Waals surface area contributed by atoms with Gasteiger partial charge >= 0.3 is 0 Å². The molecule has 0 unspecified atom stereocenters. The van der Waals surface area contributed by atoms with Gasteiger partial charge in [-0.2, -0.15) is 0 Å². The van der Waals surface area contributed by atoms with E-state index in [0.29, 0.717) is 5.92 Å². The van der Waals surface area contributed by atoms with Crippen LogP contribution < -0.4 is 4.90 Å². The van der Waals surface area contributed by atoms with Gasteiger partial charge < -0.3 is 4.90 Å². The molecule has 0 aliphatic carbocycles. The summed E-state index contributed by atoms with van der Waals surface area (Å²) < 4.78 is 2.31.